The first-order valence-corrected chi connectivity index (χ1v) is 13.2. The number of ether oxygens (including phenoxy) is 2. The molecule has 1 saturated heterocycles. The average molecular weight is 485 g/mol. The number of methoxy groups -OCH3 is 2. The maximum atomic E-state index is 13.4. The van der Waals surface area contributed by atoms with Crippen LogP contribution in [-0.2, 0) is 16.4 Å². The van der Waals surface area contributed by atoms with Crippen LogP contribution in [0.25, 0.3) is 11.0 Å². The van der Waals surface area contributed by atoms with E-state index in [-0.39, 0.29) is 23.5 Å². The maximum absolute atomic E-state index is 13.4. The van der Waals surface area contributed by atoms with Gasteiger partial charge in [0.15, 0.2) is 27.0 Å². The van der Waals surface area contributed by atoms with Crippen LogP contribution in [0.5, 0.6) is 11.5 Å². The number of benzene rings is 1. The molecular weight excluding hydrogens is 456 g/mol. The van der Waals surface area contributed by atoms with Crippen LogP contribution in [0.3, 0.4) is 0 Å². The van der Waals surface area contributed by atoms with E-state index in [2.05, 4.69) is 10.4 Å². The van der Waals surface area contributed by atoms with Crippen LogP contribution >= 0.6 is 0 Å². The molecule has 9 nitrogen and oxygen atoms in total. The monoisotopic (exact) mass is 484 g/mol. The summed E-state index contributed by atoms with van der Waals surface area (Å²) in [5.74, 6) is 1.54. The first-order valence-electron chi connectivity index (χ1n) is 11.4. The summed E-state index contributed by atoms with van der Waals surface area (Å²) < 4.78 is 36.5. The summed E-state index contributed by atoms with van der Waals surface area (Å²) in [7, 11) is 0.0703. The molecule has 1 aromatic carbocycles. The van der Waals surface area contributed by atoms with Gasteiger partial charge in [-0.1, -0.05) is 6.07 Å². The molecule has 0 unspecified atom stereocenters. The molecule has 0 bridgehead atoms. The number of amides is 1. The van der Waals surface area contributed by atoms with Crippen molar-refractivity contribution in [2.24, 2.45) is 0 Å². The fraction of sp³-hybridized carbons (Fsp3) is 0.458. The zero-order valence-electron chi connectivity index (χ0n) is 19.5. The van der Waals surface area contributed by atoms with Gasteiger partial charge in [0, 0.05) is 18.2 Å². The highest BCUT2D eigenvalue weighted by molar-refractivity contribution is 7.91. The molecule has 34 heavy (non-hydrogen) atoms. The first-order chi connectivity index (χ1) is 16.3. The summed E-state index contributed by atoms with van der Waals surface area (Å²) in [5.41, 5.74) is 3.54. The van der Waals surface area contributed by atoms with Gasteiger partial charge in [0.2, 0.25) is 0 Å². The highest BCUT2D eigenvalue weighted by atomic mass is 32.2. The highest BCUT2D eigenvalue weighted by Crippen LogP contribution is 2.41. The number of pyridine rings is 1. The Morgan fingerprint density at radius 2 is 1.91 bits per heavy atom. The summed E-state index contributed by atoms with van der Waals surface area (Å²) >= 11 is 0. The topological polar surface area (TPSA) is 112 Å². The standard InChI is InChI=1S/C24H28N4O5S/c1-14-22-18(24(29)25-12-15-4-7-20(32-2)21(10-15)33-3)11-19(16-5-6-16)26-23(22)28(27-14)17-8-9-34(30,31)13-17/h4,7,10-11,16-17H,5-6,8-9,12-13H2,1-3H3,(H,25,29)/t17-/m0/s1. The predicted molar refractivity (Wildman–Crippen MR) is 127 cm³/mol. The molecule has 1 aliphatic carbocycles. The van der Waals surface area contributed by atoms with E-state index in [0.29, 0.717) is 52.7 Å². The van der Waals surface area contributed by atoms with Crippen molar-refractivity contribution < 1.29 is 22.7 Å². The van der Waals surface area contributed by atoms with Gasteiger partial charge in [0.25, 0.3) is 5.91 Å². The van der Waals surface area contributed by atoms with Crippen molar-refractivity contribution in [1.82, 2.24) is 20.1 Å². The van der Waals surface area contributed by atoms with E-state index >= 15 is 0 Å². The normalized spacial score (nSPS) is 19.3. The van der Waals surface area contributed by atoms with E-state index in [1.165, 1.54) is 0 Å². The number of nitrogens with one attached hydrogen (secondary N) is 1. The summed E-state index contributed by atoms with van der Waals surface area (Å²) in [4.78, 5) is 18.2. The Labute approximate surface area is 198 Å². The van der Waals surface area contributed by atoms with Gasteiger partial charge in [-0.25, -0.2) is 18.1 Å². The van der Waals surface area contributed by atoms with Crippen molar-refractivity contribution in [1.29, 1.82) is 0 Å². The molecule has 2 aromatic heterocycles. The molecule has 2 fully saturated rings. The molecule has 1 atom stereocenters. The quantitative estimate of drug-likeness (QED) is 0.549. The molecule has 5 rings (SSSR count). The molecular formula is C24H28N4O5S. The van der Waals surface area contributed by atoms with Crippen molar-refractivity contribution in [3.63, 3.8) is 0 Å². The third kappa shape index (κ3) is 4.22. The molecule has 10 heteroatoms. The third-order valence-corrected chi connectivity index (χ3v) is 8.30. The van der Waals surface area contributed by atoms with Crippen LogP contribution < -0.4 is 14.8 Å². The van der Waals surface area contributed by atoms with Gasteiger partial charge in [-0.15, -0.1) is 0 Å². The summed E-state index contributed by atoms with van der Waals surface area (Å²) in [6.07, 6.45) is 2.58. The van der Waals surface area contributed by atoms with Gasteiger partial charge in [-0.3, -0.25) is 4.79 Å². The van der Waals surface area contributed by atoms with Gasteiger partial charge >= 0.3 is 0 Å². The number of rotatable bonds is 7. The Balaban J connectivity index is 1.48. The summed E-state index contributed by atoms with van der Waals surface area (Å²) in [5, 5.41) is 8.33. The minimum absolute atomic E-state index is 0.0549. The van der Waals surface area contributed by atoms with Crippen LogP contribution in [0, 0.1) is 6.92 Å². The van der Waals surface area contributed by atoms with E-state index in [1.807, 2.05) is 25.1 Å². The second kappa shape index (κ2) is 8.57. The third-order valence-electron chi connectivity index (χ3n) is 6.55. The van der Waals surface area contributed by atoms with Crippen molar-refractivity contribution in [3.05, 3.63) is 46.8 Å². The number of carbonyl (C=O) groups is 1. The number of hydrogen-bond donors (Lipinski definition) is 1. The van der Waals surface area contributed by atoms with Crippen LogP contribution in [0.2, 0.25) is 0 Å². The van der Waals surface area contributed by atoms with E-state index in [4.69, 9.17) is 14.5 Å². The Bertz CT molecular complexity index is 1380. The number of aryl methyl sites for hydroxylation is 1. The summed E-state index contributed by atoms with van der Waals surface area (Å²) in [6.45, 7) is 2.15. The van der Waals surface area contributed by atoms with Crippen LogP contribution in [-0.4, -0.2) is 54.8 Å². The Morgan fingerprint density at radius 1 is 1.15 bits per heavy atom. The average Bonchev–Trinajstić information content (AvgIpc) is 3.55. The SMILES string of the molecule is COc1ccc(CNC(=O)c2cc(C3CC3)nc3c2c(C)nn3[C@H]2CCS(=O)(=O)C2)cc1OC. The Kier molecular flexibility index (Phi) is 5.71. The van der Waals surface area contributed by atoms with Crippen molar-refractivity contribution >= 4 is 26.8 Å². The van der Waals surface area contributed by atoms with Gasteiger partial charge in [0.1, 0.15) is 0 Å². The summed E-state index contributed by atoms with van der Waals surface area (Å²) in [6, 6.07) is 7.13. The molecule has 2 aliphatic rings. The second-order valence-electron chi connectivity index (χ2n) is 9.03. The Hall–Kier alpha value is -3.14. The second-order valence-corrected chi connectivity index (χ2v) is 11.3. The molecule has 0 spiro atoms. The fourth-order valence-electron chi connectivity index (χ4n) is 4.59. The lowest BCUT2D eigenvalue weighted by Gasteiger charge is -2.13. The van der Waals surface area contributed by atoms with E-state index < -0.39 is 9.84 Å². The fourth-order valence-corrected chi connectivity index (χ4v) is 6.28. The van der Waals surface area contributed by atoms with E-state index in [1.54, 1.807) is 25.0 Å². The molecule has 1 aliphatic heterocycles. The molecule has 1 saturated carbocycles. The molecule has 3 heterocycles. The largest absolute Gasteiger partial charge is 0.493 e. The minimum atomic E-state index is -3.08. The first kappa shape index (κ1) is 22.6. The zero-order chi connectivity index (χ0) is 24.0. The highest BCUT2D eigenvalue weighted by Gasteiger charge is 2.34. The van der Waals surface area contributed by atoms with E-state index in [0.717, 1.165) is 24.1 Å². The molecule has 1 amide bonds. The number of nitrogens with zero attached hydrogens (tertiary/aromatic N) is 3. The predicted octanol–water partition coefficient (Wildman–Crippen LogP) is 2.92. The van der Waals surface area contributed by atoms with E-state index in [9.17, 15) is 13.2 Å². The molecule has 1 N–H and O–H groups in total. The van der Waals surface area contributed by atoms with Gasteiger partial charge in [-0.2, -0.15) is 5.10 Å². The maximum Gasteiger partial charge on any atom is 0.252 e. The van der Waals surface area contributed by atoms with Crippen molar-refractivity contribution in [2.45, 2.75) is 44.7 Å². The van der Waals surface area contributed by atoms with Crippen LogP contribution in [0.4, 0.5) is 0 Å². The minimum Gasteiger partial charge on any atom is -0.493 e. The lowest BCUT2D eigenvalue weighted by Crippen LogP contribution is -2.23. The number of carbonyl (C=O) groups excluding carboxylic acids is 1. The van der Waals surface area contributed by atoms with Gasteiger partial charge < -0.3 is 14.8 Å². The molecule has 180 valence electrons. The number of sulfone groups is 1. The molecule has 3 aromatic rings. The lowest BCUT2D eigenvalue weighted by molar-refractivity contribution is 0.0952. The lowest BCUT2D eigenvalue weighted by atomic mass is 10.1. The number of aromatic nitrogens is 3. The Morgan fingerprint density at radius 3 is 2.56 bits per heavy atom. The smallest absolute Gasteiger partial charge is 0.252 e. The number of fused-ring (bicyclic) bond motifs is 1. The zero-order valence-corrected chi connectivity index (χ0v) is 20.3. The van der Waals surface area contributed by atoms with Gasteiger partial charge in [0.05, 0.1) is 48.4 Å². The number of hydrogen-bond acceptors (Lipinski definition) is 7. The molecule has 0 radical (unpaired) electrons. The van der Waals surface area contributed by atoms with Gasteiger partial charge in [-0.05, 0) is 49.9 Å². The van der Waals surface area contributed by atoms with Crippen LogP contribution in [0.1, 0.15) is 58.5 Å². The van der Waals surface area contributed by atoms with Crippen molar-refractivity contribution in [2.75, 3.05) is 25.7 Å². The van der Waals surface area contributed by atoms with Crippen LogP contribution in [0.15, 0.2) is 24.3 Å². The van der Waals surface area contributed by atoms with Crippen molar-refractivity contribution in [3.8, 4) is 11.5 Å².